The first kappa shape index (κ1) is 47.2. The lowest BCUT2D eigenvalue weighted by Crippen LogP contribution is -2.39. The summed E-state index contributed by atoms with van der Waals surface area (Å²) in [5.41, 5.74) is 5.67. The monoisotopic (exact) mass is 716 g/mol. The fourth-order valence-corrected chi connectivity index (χ4v) is 7.14. The van der Waals surface area contributed by atoms with Crippen LogP contribution in [0.5, 0.6) is 0 Å². The zero-order valence-corrected chi connectivity index (χ0v) is 33.8. The molecule has 3 unspecified atom stereocenters. The van der Waals surface area contributed by atoms with Crippen molar-refractivity contribution in [3.8, 4) is 0 Å². The molecule has 1 aliphatic rings. The van der Waals surface area contributed by atoms with Gasteiger partial charge in [-0.05, 0) is 75.4 Å². The SMILES string of the molecule is C=C=C=CC(CCCC)CCOC(=O)CCCCCCCCCC(CCCCCCCCCC(=O)OCCC(C)CCCC)CN1CCOCC1. The highest BCUT2D eigenvalue weighted by molar-refractivity contribution is 5.69. The Kier molecular flexibility index (Phi) is 32.6. The highest BCUT2D eigenvalue weighted by atomic mass is 16.5. The average Bonchev–Trinajstić information content (AvgIpc) is 3.13. The van der Waals surface area contributed by atoms with E-state index in [1.54, 1.807) is 0 Å². The number of allylic oxidation sites excluding steroid dienone is 1. The first-order valence-corrected chi connectivity index (χ1v) is 21.7. The summed E-state index contributed by atoms with van der Waals surface area (Å²) in [4.78, 5) is 26.8. The molecule has 1 aliphatic heterocycles. The van der Waals surface area contributed by atoms with Crippen LogP contribution < -0.4 is 0 Å². The van der Waals surface area contributed by atoms with Crippen LogP contribution in [0.4, 0.5) is 0 Å². The number of carbonyl (C=O) groups is 2. The molecule has 1 rings (SSSR count). The van der Waals surface area contributed by atoms with Gasteiger partial charge < -0.3 is 14.2 Å². The van der Waals surface area contributed by atoms with Crippen LogP contribution in [0, 0.1) is 17.8 Å². The van der Waals surface area contributed by atoms with Crippen molar-refractivity contribution in [2.24, 2.45) is 17.8 Å². The Labute approximate surface area is 315 Å². The fraction of sp³-hybridized carbons (Fsp3) is 0.867. The maximum Gasteiger partial charge on any atom is 0.305 e. The summed E-state index contributed by atoms with van der Waals surface area (Å²) in [7, 11) is 0. The van der Waals surface area contributed by atoms with Gasteiger partial charge in [-0.3, -0.25) is 14.5 Å². The Hall–Kier alpha value is -1.84. The van der Waals surface area contributed by atoms with Gasteiger partial charge in [-0.25, -0.2) is 0 Å². The standard InChI is InChI=1S/C45H81NO5/c1-5-8-25-41(4)32-36-50-44(47)30-23-19-15-11-13-17-21-28-43(40-46-34-38-49-39-35-46)29-22-18-14-12-16-20-24-31-45(48)51-37-33-42(26-9-6-2)27-10-7-3/h26,41-43H,2,5,7-8,10-25,27-40H2,1,3-4H3. The molecule has 0 bridgehead atoms. The lowest BCUT2D eigenvalue weighted by atomic mass is 9.93. The highest BCUT2D eigenvalue weighted by Crippen LogP contribution is 2.22. The summed E-state index contributed by atoms with van der Waals surface area (Å²) >= 11 is 0. The van der Waals surface area contributed by atoms with Crippen molar-refractivity contribution in [1.29, 1.82) is 0 Å². The van der Waals surface area contributed by atoms with Gasteiger partial charge in [-0.15, -0.1) is 0 Å². The molecule has 0 aromatic heterocycles. The maximum atomic E-state index is 12.2. The molecule has 6 heteroatoms. The molecule has 1 heterocycles. The van der Waals surface area contributed by atoms with Crippen LogP contribution in [0.3, 0.4) is 0 Å². The van der Waals surface area contributed by atoms with Crippen molar-refractivity contribution >= 4 is 11.9 Å². The van der Waals surface area contributed by atoms with E-state index >= 15 is 0 Å². The first-order valence-electron chi connectivity index (χ1n) is 21.7. The minimum absolute atomic E-state index is 0.00719. The number of unbranched alkanes of at least 4 members (excludes halogenated alkanes) is 14. The summed E-state index contributed by atoms with van der Waals surface area (Å²) in [6.45, 7) is 16.5. The normalized spacial score (nSPS) is 15.0. The van der Waals surface area contributed by atoms with Crippen molar-refractivity contribution in [1.82, 2.24) is 4.90 Å². The van der Waals surface area contributed by atoms with Crippen molar-refractivity contribution in [3.05, 3.63) is 24.1 Å². The number of esters is 2. The molecule has 51 heavy (non-hydrogen) atoms. The van der Waals surface area contributed by atoms with Gasteiger partial charge in [0.1, 0.15) is 0 Å². The van der Waals surface area contributed by atoms with E-state index in [1.807, 2.05) is 6.08 Å². The van der Waals surface area contributed by atoms with Gasteiger partial charge in [0.25, 0.3) is 0 Å². The Balaban J connectivity index is 2.10. The molecule has 0 N–H and O–H groups in total. The Morgan fingerprint density at radius 1 is 0.667 bits per heavy atom. The molecule has 0 aliphatic carbocycles. The molecule has 6 nitrogen and oxygen atoms in total. The van der Waals surface area contributed by atoms with Crippen molar-refractivity contribution in [2.45, 2.75) is 188 Å². The number of ether oxygens (including phenoxy) is 3. The van der Waals surface area contributed by atoms with Gasteiger partial charge in [-0.1, -0.05) is 141 Å². The maximum absolute atomic E-state index is 12.2. The van der Waals surface area contributed by atoms with E-state index in [-0.39, 0.29) is 11.9 Å². The second-order valence-electron chi connectivity index (χ2n) is 15.5. The molecule has 0 aromatic rings. The molecule has 0 aromatic carbocycles. The molecule has 1 saturated heterocycles. The minimum Gasteiger partial charge on any atom is -0.466 e. The molecule has 3 atom stereocenters. The van der Waals surface area contributed by atoms with Crippen molar-refractivity contribution in [2.75, 3.05) is 46.1 Å². The Morgan fingerprint density at radius 2 is 1.16 bits per heavy atom. The second-order valence-corrected chi connectivity index (χ2v) is 15.5. The predicted molar refractivity (Wildman–Crippen MR) is 214 cm³/mol. The third-order valence-electron chi connectivity index (χ3n) is 10.6. The Morgan fingerprint density at radius 3 is 1.69 bits per heavy atom. The molecule has 0 spiro atoms. The summed E-state index contributed by atoms with van der Waals surface area (Å²) in [6, 6.07) is 0. The minimum atomic E-state index is -0.0499. The quantitative estimate of drug-likeness (QED) is 0.0370. The third-order valence-corrected chi connectivity index (χ3v) is 10.6. The molecule has 0 radical (unpaired) electrons. The van der Waals surface area contributed by atoms with Crippen molar-refractivity contribution < 1.29 is 23.8 Å². The van der Waals surface area contributed by atoms with E-state index < -0.39 is 0 Å². The molecule has 0 amide bonds. The van der Waals surface area contributed by atoms with Crippen LogP contribution in [0.1, 0.15) is 188 Å². The zero-order valence-electron chi connectivity index (χ0n) is 33.8. The van der Waals surface area contributed by atoms with Crippen molar-refractivity contribution in [3.63, 3.8) is 0 Å². The summed E-state index contributed by atoms with van der Waals surface area (Å²) in [6.07, 6.45) is 32.0. The average molecular weight is 716 g/mol. The summed E-state index contributed by atoms with van der Waals surface area (Å²) in [5.74, 6) is 1.78. The molecule has 296 valence electrons. The fourth-order valence-electron chi connectivity index (χ4n) is 7.14. The summed E-state index contributed by atoms with van der Waals surface area (Å²) in [5, 5.41) is 0. The molecule has 1 fully saturated rings. The van der Waals surface area contributed by atoms with Gasteiger partial charge in [0.2, 0.25) is 0 Å². The topological polar surface area (TPSA) is 65.1 Å². The Bertz CT molecular complexity index is 902. The van der Waals surface area contributed by atoms with Crippen LogP contribution in [-0.2, 0) is 23.8 Å². The number of morpholine rings is 1. The second kappa shape index (κ2) is 35.2. The largest absolute Gasteiger partial charge is 0.466 e. The number of carbonyl (C=O) groups excluding carboxylic acids is 2. The molecular formula is C45H81NO5. The number of rotatable bonds is 35. The van der Waals surface area contributed by atoms with Crippen LogP contribution in [0.15, 0.2) is 24.1 Å². The van der Waals surface area contributed by atoms with E-state index in [0.717, 1.165) is 77.2 Å². The number of hydrogen-bond acceptors (Lipinski definition) is 6. The third kappa shape index (κ3) is 30.3. The number of hydrogen-bond donors (Lipinski definition) is 0. The smallest absolute Gasteiger partial charge is 0.305 e. The first-order chi connectivity index (χ1) is 25.0. The number of nitrogens with zero attached hydrogens (tertiary/aromatic N) is 1. The predicted octanol–water partition coefficient (Wildman–Crippen LogP) is 12.0. The van der Waals surface area contributed by atoms with E-state index in [4.69, 9.17) is 14.2 Å². The van der Waals surface area contributed by atoms with Gasteiger partial charge in [0, 0.05) is 32.5 Å². The van der Waals surface area contributed by atoms with Gasteiger partial charge in [0.05, 0.1) is 26.4 Å². The molecular weight excluding hydrogens is 634 g/mol. The zero-order chi connectivity index (χ0) is 37.0. The van der Waals surface area contributed by atoms with Crippen LogP contribution in [0.2, 0.25) is 0 Å². The van der Waals surface area contributed by atoms with E-state index in [0.29, 0.717) is 37.9 Å². The van der Waals surface area contributed by atoms with E-state index in [1.165, 1.54) is 116 Å². The lowest BCUT2D eigenvalue weighted by molar-refractivity contribution is -0.145. The van der Waals surface area contributed by atoms with Gasteiger partial charge in [0.15, 0.2) is 0 Å². The van der Waals surface area contributed by atoms with Gasteiger partial charge >= 0.3 is 11.9 Å². The molecule has 0 saturated carbocycles. The highest BCUT2D eigenvalue weighted by Gasteiger charge is 2.17. The van der Waals surface area contributed by atoms with E-state index in [2.05, 4.69) is 43.7 Å². The van der Waals surface area contributed by atoms with Crippen LogP contribution >= 0.6 is 0 Å². The van der Waals surface area contributed by atoms with Gasteiger partial charge in [-0.2, -0.15) is 0 Å². The lowest BCUT2D eigenvalue weighted by Gasteiger charge is -2.30. The summed E-state index contributed by atoms with van der Waals surface area (Å²) < 4.78 is 16.6. The van der Waals surface area contributed by atoms with Crippen LogP contribution in [-0.4, -0.2) is 62.9 Å². The van der Waals surface area contributed by atoms with E-state index in [9.17, 15) is 9.59 Å². The van der Waals surface area contributed by atoms with Crippen LogP contribution in [0.25, 0.3) is 0 Å².